The number of nitrogens with zero attached hydrogens (tertiary/aromatic N) is 3. The Labute approximate surface area is 143 Å². The third-order valence-electron chi connectivity index (χ3n) is 3.65. The smallest absolute Gasteiger partial charge is 0.240 e. The predicted molar refractivity (Wildman–Crippen MR) is 91.9 cm³/mol. The maximum Gasteiger partial charge on any atom is 0.240 e. The van der Waals surface area contributed by atoms with E-state index in [2.05, 4.69) is 15.5 Å². The zero-order valence-corrected chi connectivity index (χ0v) is 14.1. The lowest BCUT2D eigenvalue weighted by molar-refractivity contribution is -0.121. The number of carbonyl (C=O) groups excluding carboxylic acids is 1. The van der Waals surface area contributed by atoms with Gasteiger partial charge in [-0.25, -0.2) is 0 Å². The van der Waals surface area contributed by atoms with E-state index in [1.54, 1.807) is 0 Å². The lowest BCUT2D eigenvalue weighted by Gasteiger charge is -2.08. The third kappa shape index (κ3) is 3.30. The van der Waals surface area contributed by atoms with E-state index < -0.39 is 0 Å². The summed E-state index contributed by atoms with van der Waals surface area (Å²) in [6, 6.07) is 7.58. The molecule has 8 heteroatoms. The first kappa shape index (κ1) is 15.8. The van der Waals surface area contributed by atoms with Crippen molar-refractivity contribution < 1.29 is 4.79 Å². The molecule has 2 N–H and O–H groups in total. The average molecular weight is 350 g/mol. The normalized spacial score (nSPS) is 11.0. The largest absolute Gasteiger partial charge is 0.347 e. The Bertz CT molecular complexity index is 910. The minimum Gasteiger partial charge on any atom is -0.347 e. The van der Waals surface area contributed by atoms with Crippen LogP contribution >= 0.6 is 23.8 Å². The molecule has 0 unspecified atom stereocenters. The molecule has 0 saturated heterocycles. The number of benzene rings is 1. The molecule has 0 radical (unpaired) electrons. The molecule has 0 aliphatic rings. The number of aromatic nitrogens is 4. The number of fused-ring (bicyclic) bond motifs is 1. The van der Waals surface area contributed by atoms with Gasteiger partial charge in [-0.05, 0) is 42.7 Å². The van der Waals surface area contributed by atoms with Crippen molar-refractivity contribution in [2.75, 3.05) is 0 Å². The van der Waals surface area contributed by atoms with Crippen LogP contribution in [-0.2, 0) is 24.4 Å². The summed E-state index contributed by atoms with van der Waals surface area (Å²) in [5, 5.41) is 11.4. The quantitative estimate of drug-likeness (QED) is 0.696. The fraction of sp³-hybridized carbons (Fsp3) is 0.267. The van der Waals surface area contributed by atoms with Crippen molar-refractivity contribution in [3.05, 3.63) is 46.1 Å². The highest BCUT2D eigenvalue weighted by molar-refractivity contribution is 7.71. The van der Waals surface area contributed by atoms with E-state index >= 15 is 0 Å². The van der Waals surface area contributed by atoms with Gasteiger partial charge < -0.3 is 14.5 Å². The molecule has 1 aromatic carbocycles. The van der Waals surface area contributed by atoms with E-state index in [1.165, 1.54) is 0 Å². The first-order chi connectivity index (χ1) is 11.1. The molecule has 6 nitrogen and oxygen atoms in total. The minimum absolute atomic E-state index is 0.0981. The van der Waals surface area contributed by atoms with Crippen molar-refractivity contribution in [2.45, 2.75) is 26.6 Å². The van der Waals surface area contributed by atoms with E-state index in [0.717, 1.165) is 10.9 Å². The summed E-state index contributed by atoms with van der Waals surface area (Å²) >= 11 is 11.1. The van der Waals surface area contributed by atoms with Gasteiger partial charge in [-0.2, -0.15) is 5.10 Å². The van der Waals surface area contributed by atoms with E-state index in [9.17, 15) is 4.79 Å². The molecule has 0 saturated carbocycles. The van der Waals surface area contributed by atoms with Crippen molar-refractivity contribution in [1.29, 1.82) is 0 Å². The summed E-state index contributed by atoms with van der Waals surface area (Å²) in [4.78, 5) is 12.2. The lowest BCUT2D eigenvalue weighted by Crippen LogP contribution is -2.28. The average Bonchev–Trinajstić information content (AvgIpc) is 3.08. The van der Waals surface area contributed by atoms with E-state index in [1.807, 2.05) is 46.5 Å². The highest BCUT2D eigenvalue weighted by atomic mass is 35.5. The summed E-state index contributed by atoms with van der Waals surface area (Å²) in [5.74, 6) is 0.616. The van der Waals surface area contributed by atoms with Gasteiger partial charge in [-0.15, -0.1) is 0 Å². The highest BCUT2D eigenvalue weighted by Gasteiger charge is 2.09. The summed E-state index contributed by atoms with van der Waals surface area (Å²) < 4.78 is 4.27. The fourth-order valence-electron chi connectivity index (χ4n) is 2.49. The minimum atomic E-state index is -0.0981. The molecule has 2 aromatic heterocycles. The maximum absolute atomic E-state index is 12.2. The molecule has 0 spiro atoms. The van der Waals surface area contributed by atoms with Gasteiger partial charge >= 0.3 is 0 Å². The van der Waals surface area contributed by atoms with Crippen LogP contribution in [0.3, 0.4) is 0 Å². The Morgan fingerprint density at radius 3 is 3.04 bits per heavy atom. The van der Waals surface area contributed by atoms with Crippen LogP contribution in [0.15, 0.2) is 30.5 Å². The SMILES string of the molecule is CCn1c(CNC(=O)Cn2ccc3ccc(Cl)cc32)n[nH]c1=S. The number of hydrogen-bond acceptors (Lipinski definition) is 3. The Hall–Kier alpha value is -2.12. The van der Waals surface area contributed by atoms with Crippen LogP contribution in [0, 0.1) is 4.77 Å². The number of nitrogens with one attached hydrogen (secondary N) is 2. The summed E-state index contributed by atoms with van der Waals surface area (Å²) in [6.45, 7) is 3.24. The molecular weight excluding hydrogens is 334 g/mol. The van der Waals surface area contributed by atoms with Crippen LogP contribution in [0.5, 0.6) is 0 Å². The van der Waals surface area contributed by atoms with Gasteiger partial charge in [0.15, 0.2) is 10.6 Å². The van der Waals surface area contributed by atoms with Crippen molar-refractivity contribution in [3.63, 3.8) is 0 Å². The predicted octanol–water partition coefficient (Wildman–Crippen LogP) is 2.89. The number of rotatable bonds is 5. The van der Waals surface area contributed by atoms with Crippen LogP contribution in [0.1, 0.15) is 12.7 Å². The number of aromatic amines is 1. The Morgan fingerprint density at radius 2 is 2.26 bits per heavy atom. The van der Waals surface area contributed by atoms with Crippen LogP contribution in [0.4, 0.5) is 0 Å². The van der Waals surface area contributed by atoms with E-state index in [4.69, 9.17) is 23.8 Å². The zero-order valence-electron chi connectivity index (χ0n) is 12.5. The van der Waals surface area contributed by atoms with Crippen molar-refractivity contribution in [2.24, 2.45) is 0 Å². The number of halogens is 1. The van der Waals surface area contributed by atoms with Crippen LogP contribution in [0.25, 0.3) is 10.9 Å². The van der Waals surface area contributed by atoms with Crippen molar-refractivity contribution >= 4 is 40.6 Å². The first-order valence-corrected chi connectivity index (χ1v) is 8.02. The Balaban J connectivity index is 1.69. The van der Waals surface area contributed by atoms with Gasteiger partial charge in [0.2, 0.25) is 5.91 Å². The summed E-state index contributed by atoms with van der Waals surface area (Å²) in [7, 11) is 0. The maximum atomic E-state index is 12.2. The Morgan fingerprint density at radius 1 is 1.43 bits per heavy atom. The number of hydrogen-bond donors (Lipinski definition) is 2. The number of H-pyrrole nitrogens is 1. The zero-order chi connectivity index (χ0) is 16.4. The first-order valence-electron chi connectivity index (χ1n) is 7.23. The second-order valence-corrected chi connectivity index (χ2v) is 5.94. The van der Waals surface area contributed by atoms with E-state index in [-0.39, 0.29) is 12.5 Å². The molecule has 1 amide bonds. The number of carbonyl (C=O) groups is 1. The molecule has 120 valence electrons. The van der Waals surface area contributed by atoms with Gasteiger partial charge in [0.1, 0.15) is 6.54 Å². The van der Waals surface area contributed by atoms with Gasteiger partial charge in [-0.3, -0.25) is 9.89 Å². The van der Waals surface area contributed by atoms with Gasteiger partial charge in [0.25, 0.3) is 0 Å². The van der Waals surface area contributed by atoms with Crippen molar-refractivity contribution in [3.8, 4) is 0 Å². The Kier molecular flexibility index (Phi) is 4.49. The second-order valence-electron chi connectivity index (χ2n) is 5.11. The molecule has 0 atom stereocenters. The second kappa shape index (κ2) is 6.55. The molecular formula is C15H16ClN5OS. The molecule has 0 bridgehead atoms. The van der Waals surface area contributed by atoms with Crippen LogP contribution in [0.2, 0.25) is 5.02 Å². The highest BCUT2D eigenvalue weighted by Crippen LogP contribution is 2.20. The van der Waals surface area contributed by atoms with Gasteiger partial charge in [0.05, 0.1) is 6.54 Å². The molecule has 0 aliphatic heterocycles. The molecule has 0 fully saturated rings. The van der Waals surface area contributed by atoms with Gasteiger partial charge in [0, 0.05) is 23.3 Å². The molecule has 0 aliphatic carbocycles. The van der Waals surface area contributed by atoms with E-state index in [0.29, 0.717) is 28.7 Å². The standard InChI is InChI=1S/C15H16ClN5OS/c1-2-21-13(18-19-15(21)23)8-17-14(22)9-20-6-5-10-3-4-11(16)7-12(10)20/h3-7H,2,8-9H2,1H3,(H,17,22)(H,19,23). The van der Waals surface area contributed by atoms with Crippen LogP contribution < -0.4 is 5.32 Å². The van der Waals surface area contributed by atoms with Crippen molar-refractivity contribution in [1.82, 2.24) is 24.6 Å². The molecule has 3 rings (SSSR count). The molecule has 2 heterocycles. The van der Waals surface area contributed by atoms with Gasteiger partial charge in [-0.1, -0.05) is 17.7 Å². The topological polar surface area (TPSA) is 67.6 Å². The third-order valence-corrected chi connectivity index (χ3v) is 4.19. The molecule has 3 aromatic rings. The van der Waals surface area contributed by atoms with Crippen LogP contribution in [-0.4, -0.2) is 25.2 Å². The summed E-state index contributed by atoms with van der Waals surface area (Å²) in [5.41, 5.74) is 0.934. The summed E-state index contributed by atoms with van der Waals surface area (Å²) in [6.07, 6.45) is 1.88. The number of amides is 1. The monoisotopic (exact) mass is 349 g/mol. The molecule has 23 heavy (non-hydrogen) atoms. The lowest BCUT2D eigenvalue weighted by atomic mass is 10.2. The fourth-order valence-corrected chi connectivity index (χ4v) is 2.94.